The third-order valence-corrected chi connectivity index (χ3v) is 4.93. The molecule has 0 saturated heterocycles. The van der Waals surface area contributed by atoms with Gasteiger partial charge in [-0.1, -0.05) is 27.5 Å². The number of rotatable bonds is 3. The molecule has 2 nitrogen and oxygen atoms in total. The van der Waals surface area contributed by atoms with Crippen LogP contribution in [0.4, 0.5) is 0 Å². The lowest BCUT2D eigenvalue weighted by Crippen LogP contribution is -2.06. The van der Waals surface area contributed by atoms with E-state index in [1.54, 1.807) is 25.3 Å². The van der Waals surface area contributed by atoms with Gasteiger partial charge in [0.2, 0.25) is 0 Å². The van der Waals surface area contributed by atoms with E-state index in [1.807, 2.05) is 19.1 Å². The quantitative estimate of drug-likeness (QED) is 0.457. The van der Waals surface area contributed by atoms with Crippen LogP contribution in [0.15, 0.2) is 34.8 Å². The summed E-state index contributed by atoms with van der Waals surface area (Å²) in [7, 11) is 1.56. The van der Waals surface area contributed by atoms with Gasteiger partial charge in [-0.05, 0) is 65.4 Å². The average Bonchev–Trinajstić information content (AvgIpc) is 2.43. The Balaban J connectivity index is 2.58. The molecule has 0 aromatic heterocycles. The van der Waals surface area contributed by atoms with Gasteiger partial charge in [0.05, 0.1) is 12.7 Å². The van der Waals surface area contributed by atoms with Crippen molar-refractivity contribution in [3.8, 4) is 5.75 Å². The van der Waals surface area contributed by atoms with Gasteiger partial charge in [0.1, 0.15) is 5.75 Å². The van der Waals surface area contributed by atoms with E-state index in [2.05, 4.69) is 38.5 Å². The zero-order valence-electron chi connectivity index (χ0n) is 10.8. The van der Waals surface area contributed by atoms with Crippen LogP contribution in [0.2, 0.25) is 5.02 Å². The minimum Gasteiger partial charge on any atom is -0.496 e. The number of carbonyl (C=O) groups excluding carboxylic acids is 1. The highest BCUT2D eigenvalue weighted by Crippen LogP contribution is 2.30. The standard InChI is InChI=1S/C15H11BrClIO2/c1-8-5-14(20-2)11(7-12(8)16)15(19)10-6-9(17)3-4-13(10)18/h3-7H,1-2H3. The smallest absolute Gasteiger partial charge is 0.197 e. The molecule has 0 bridgehead atoms. The van der Waals surface area contributed by atoms with Crippen LogP contribution in [0.5, 0.6) is 5.75 Å². The summed E-state index contributed by atoms with van der Waals surface area (Å²) in [6, 6.07) is 8.90. The second-order valence-corrected chi connectivity index (χ2v) is 6.71. The molecular formula is C15H11BrClIO2. The summed E-state index contributed by atoms with van der Waals surface area (Å²) >= 11 is 11.6. The number of benzene rings is 2. The van der Waals surface area contributed by atoms with Gasteiger partial charge in [-0.25, -0.2) is 0 Å². The van der Waals surface area contributed by atoms with Gasteiger partial charge < -0.3 is 4.74 Å². The highest BCUT2D eigenvalue weighted by Gasteiger charge is 2.18. The zero-order valence-corrected chi connectivity index (χ0v) is 15.3. The fourth-order valence-corrected chi connectivity index (χ4v) is 2.91. The minimum atomic E-state index is -0.102. The van der Waals surface area contributed by atoms with Crippen LogP contribution in [0.1, 0.15) is 21.5 Å². The summed E-state index contributed by atoms with van der Waals surface area (Å²) in [6.07, 6.45) is 0. The van der Waals surface area contributed by atoms with Crippen molar-refractivity contribution >= 4 is 55.9 Å². The van der Waals surface area contributed by atoms with Crippen LogP contribution in [-0.2, 0) is 0 Å². The highest BCUT2D eigenvalue weighted by atomic mass is 127. The largest absolute Gasteiger partial charge is 0.496 e. The monoisotopic (exact) mass is 464 g/mol. The van der Waals surface area contributed by atoms with Crippen LogP contribution < -0.4 is 4.74 Å². The normalized spacial score (nSPS) is 10.4. The van der Waals surface area contributed by atoms with E-state index in [1.165, 1.54) is 0 Å². The second kappa shape index (κ2) is 6.45. The molecule has 2 aromatic carbocycles. The van der Waals surface area contributed by atoms with Gasteiger partial charge in [-0.15, -0.1) is 0 Å². The maximum Gasteiger partial charge on any atom is 0.197 e. The first-order valence-corrected chi connectivity index (χ1v) is 8.03. The Bertz CT molecular complexity index is 686. The predicted octanol–water partition coefficient (Wildman–Crippen LogP) is 5.26. The minimum absolute atomic E-state index is 0.102. The molecule has 0 unspecified atom stereocenters. The number of aryl methyl sites for hydroxylation is 1. The molecule has 5 heteroatoms. The highest BCUT2D eigenvalue weighted by molar-refractivity contribution is 14.1. The summed E-state index contributed by atoms with van der Waals surface area (Å²) < 4.78 is 7.05. The molecular weight excluding hydrogens is 454 g/mol. The first-order chi connectivity index (χ1) is 9.43. The SMILES string of the molecule is COc1cc(C)c(Br)cc1C(=O)c1cc(Cl)ccc1I. The van der Waals surface area contributed by atoms with Gasteiger partial charge in [-0.3, -0.25) is 4.79 Å². The molecule has 0 heterocycles. The molecule has 104 valence electrons. The molecule has 0 fully saturated rings. The Morgan fingerprint density at radius 1 is 1.25 bits per heavy atom. The number of halogens is 3. The molecule has 0 spiro atoms. The number of ether oxygens (including phenoxy) is 1. The number of ketones is 1. The van der Waals surface area contributed by atoms with E-state index in [0.717, 1.165) is 13.6 Å². The van der Waals surface area contributed by atoms with Crippen LogP contribution >= 0.6 is 50.1 Å². The van der Waals surface area contributed by atoms with E-state index in [9.17, 15) is 4.79 Å². The first-order valence-electron chi connectivity index (χ1n) is 5.78. The van der Waals surface area contributed by atoms with Gasteiger partial charge in [0.15, 0.2) is 5.78 Å². The average molecular weight is 466 g/mol. The van der Waals surface area contributed by atoms with Crippen molar-refractivity contribution in [1.29, 1.82) is 0 Å². The molecule has 0 aliphatic carbocycles. The van der Waals surface area contributed by atoms with Crippen LogP contribution in [0.25, 0.3) is 0 Å². The Labute approximate surface area is 144 Å². The number of hydrogen-bond acceptors (Lipinski definition) is 2. The van der Waals surface area contributed by atoms with E-state index < -0.39 is 0 Å². The van der Waals surface area contributed by atoms with E-state index in [4.69, 9.17) is 16.3 Å². The number of hydrogen-bond donors (Lipinski definition) is 0. The van der Waals surface area contributed by atoms with E-state index >= 15 is 0 Å². The second-order valence-electron chi connectivity index (χ2n) is 4.25. The fourth-order valence-electron chi connectivity index (χ4n) is 1.82. The van der Waals surface area contributed by atoms with Crippen molar-refractivity contribution in [3.63, 3.8) is 0 Å². The lowest BCUT2D eigenvalue weighted by molar-refractivity contribution is 0.103. The molecule has 0 atom stereocenters. The van der Waals surface area contributed by atoms with Crippen molar-refractivity contribution in [2.75, 3.05) is 7.11 Å². The fraction of sp³-hybridized carbons (Fsp3) is 0.133. The molecule has 20 heavy (non-hydrogen) atoms. The molecule has 0 amide bonds. The van der Waals surface area contributed by atoms with Crippen LogP contribution in [-0.4, -0.2) is 12.9 Å². The van der Waals surface area contributed by atoms with E-state index in [0.29, 0.717) is 21.9 Å². The zero-order chi connectivity index (χ0) is 14.9. The summed E-state index contributed by atoms with van der Waals surface area (Å²) in [4.78, 5) is 12.7. The van der Waals surface area contributed by atoms with Gasteiger partial charge in [-0.2, -0.15) is 0 Å². The maximum atomic E-state index is 12.7. The summed E-state index contributed by atoms with van der Waals surface area (Å²) in [5.41, 5.74) is 2.11. The Morgan fingerprint density at radius 3 is 2.60 bits per heavy atom. The van der Waals surface area contributed by atoms with Crippen molar-refractivity contribution in [2.45, 2.75) is 6.92 Å². The maximum absolute atomic E-state index is 12.7. The molecule has 2 rings (SSSR count). The molecule has 0 radical (unpaired) electrons. The third-order valence-electron chi connectivity index (χ3n) is 2.90. The first kappa shape index (κ1) is 15.8. The van der Waals surface area contributed by atoms with Crippen molar-refractivity contribution in [2.24, 2.45) is 0 Å². The van der Waals surface area contributed by atoms with Gasteiger partial charge in [0.25, 0.3) is 0 Å². The van der Waals surface area contributed by atoms with Crippen molar-refractivity contribution in [1.82, 2.24) is 0 Å². The molecule has 0 N–H and O–H groups in total. The Kier molecular flexibility index (Phi) is 5.09. The summed E-state index contributed by atoms with van der Waals surface area (Å²) in [5.74, 6) is 0.459. The number of carbonyl (C=O) groups is 1. The van der Waals surface area contributed by atoms with Gasteiger partial charge in [0, 0.05) is 18.6 Å². The Morgan fingerprint density at radius 2 is 1.95 bits per heavy atom. The predicted molar refractivity (Wildman–Crippen MR) is 93.0 cm³/mol. The molecule has 2 aromatic rings. The summed E-state index contributed by atoms with van der Waals surface area (Å²) in [6.45, 7) is 1.95. The summed E-state index contributed by atoms with van der Waals surface area (Å²) in [5, 5.41) is 0.541. The van der Waals surface area contributed by atoms with Crippen LogP contribution in [0.3, 0.4) is 0 Å². The van der Waals surface area contributed by atoms with Crippen molar-refractivity contribution < 1.29 is 9.53 Å². The van der Waals surface area contributed by atoms with Crippen molar-refractivity contribution in [3.05, 3.63) is 60.1 Å². The van der Waals surface area contributed by atoms with E-state index in [-0.39, 0.29) is 5.78 Å². The molecule has 0 saturated carbocycles. The van der Waals surface area contributed by atoms with Crippen LogP contribution in [0, 0.1) is 10.5 Å². The molecule has 0 aliphatic heterocycles. The lowest BCUT2D eigenvalue weighted by atomic mass is 10.0. The molecule has 0 aliphatic rings. The topological polar surface area (TPSA) is 26.3 Å². The third kappa shape index (κ3) is 3.18. The van der Waals surface area contributed by atoms with Gasteiger partial charge >= 0.3 is 0 Å². The Hall–Kier alpha value is -0.590. The lowest BCUT2D eigenvalue weighted by Gasteiger charge is -2.11. The number of methoxy groups -OCH3 is 1.